The third kappa shape index (κ3) is 5.08. The lowest BCUT2D eigenvalue weighted by Crippen LogP contribution is -2.37. The first kappa shape index (κ1) is 22.4. The number of hydrogen-bond donors (Lipinski definition) is 2. The smallest absolute Gasteiger partial charge is 0.243 e. The van der Waals surface area contributed by atoms with Crippen molar-refractivity contribution in [3.8, 4) is 11.6 Å². The second-order valence-electron chi connectivity index (χ2n) is 6.28. The van der Waals surface area contributed by atoms with Crippen molar-refractivity contribution in [1.82, 2.24) is 20.1 Å². The molecule has 1 unspecified atom stereocenters. The van der Waals surface area contributed by atoms with Crippen molar-refractivity contribution in [3.05, 3.63) is 48.0 Å². The number of anilines is 1. The van der Waals surface area contributed by atoms with E-state index in [9.17, 15) is 22.8 Å². The number of aromatic nitrogens is 3. The lowest BCUT2D eigenvalue weighted by atomic mass is 10.2. The minimum atomic E-state index is -1.69. The average Bonchev–Trinajstić information content (AvgIpc) is 3.41. The maximum atomic E-state index is 13.6. The third-order valence-electron chi connectivity index (χ3n) is 4.16. The Kier molecular flexibility index (Phi) is 7.00. The van der Waals surface area contributed by atoms with Gasteiger partial charge in [0, 0.05) is 6.54 Å². The van der Waals surface area contributed by atoms with Crippen molar-refractivity contribution in [2.24, 2.45) is 0 Å². The molecular weight excluding hydrogens is 435 g/mol. The number of furan rings is 1. The summed E-state index contributed by atoms with van der Waals surface area (Å²) in [5.74, 6) is -4.79. The largest absolute Gasteiger partial charge is 0.461 e. The Hall–Kier alpha value is -3.28. The molecule has 3 aromatic rings. The highest BCUT2D eigenvalue weighted by atomic mass is 32.2. The SMILES string of the molecule is CCn1c(SC(C)C(=O)NCC(=O)Nc2ccc(F)c(F)c2F)nnc1-c1ccco1. The van der Waals surface area contributed by atoms with Crippen molar-refractivity contribution in [1.29, 1.82) is 0 Å². The number of benzene rings is 1. The summed E-state index contributed by atoms with van der Waals surface area (Å²) in [5.41, 5.74) is -0.526. The normalized spacial score (nSPS) is 11.9. The van der Waals surface area contributed by atoms with Gasteiger partial charge in [-0.3, -0.25) is 14.2 Å². The predicted molar refractivity (Wildman–Crippen MR) is 107 cm³/mol. The zero-order chi connectivity index (χ0) is 22.5. The third-order valence-corrected chi connectivity index (χ3v) is 5.24. The fourth-order valence-electron chi connectivity index (χ4n) is 2.59. The molecule has 0 saturated carbocycles. The maximum absolute atomic E-state index is 13.6. The second-order valence-corrected chi connectivity index (χ2v) is 7.58. The first-order valence-electron chi connectivity index (χ1n) is 9.16. The molecule has 8 nitrogen and oxygen atoms in total. The Balaban J connectivity index is 1.57. The van der Waals surface area contributed by atoms with Crippen molar-refractivity contribution in [2.75, 3.05) is 11.9 Å². The molecule has 2 aromatic heterocycles. The number of thioether (sulfide) groups is 1. The van der Waals surface area contributed by atoms with Crippen molar-refractivity contribution in [3.63, 3.8) is 0 Å². The minimum absolute atomic E-state index is 0.476. The maximum Gasteiger partial charge on any atom is 0.243 e. The van der Waals surface area contributed by atoms with Crippen LogP contribution in [0.15, 0.2) is 40.1 Å². The summed E-state index contributed by atoms with van der Waals surface area (Å²) in [5, 5.41) is 12.5. The van der Waals surface area contributed by atoms with Gasteiger partial charge in [0.15, 0.2) is 34.2 Å². The van der Waals surface area contributed by atoms with E-state index in [1.807, 2.05) is 6.92 Å². The first-order chi connectivity index (χ1) is 14.8. The molecule has 0 radical (unpaired) electrons. The lowest BCUT2D eigenvalue weighted by Gasteiger charge is -2.13. The molecule has 1 atom stereocenters. The van der Waals surface area contributed by atoms with E-state index in [1.165, 1.54) is 6.26 Å². The quantitative estimate of drug-likeness (QED) is 0.401. The number of nitrogens with one attached hydrogen (secondary N) is 2. The molecule has 0 saturated heterocycles. The summed E-state index contributed by atoms with van der Waals surface area (Å²) >= 11 is 1.14. The summed E-state index contributed by atoms with van der Waals surface area (Å²) in [6.45, 7) is 3.57. The summed E-state index contributed by atoms with van der Waals surface area (Å²) in [6, 6.07) is 5.05. The van der Waals surface area contributed by atoms with Gasteiger partial charge in [-0.25, -0.2) is 13.2 Å². The number of hydrogen-bond acceptors (Lipinski definition) is 6. The highest BCUT2D eigenvalue weighted by Crippen LogP contribution is 2.27. The van der Waals surface area contributed by atoms with E-state index in [0.29, 0.717) is 29.4 Å². The standard InChI is InChI=1S/C19H18F3N5O3S/c1-3-27-17(13-5-4-8-30-13)25-26-19(27)31-10(2)18(29)23-9-14(28)24-12-7-6-11(20)15(21)16(12)22/h4-8,10H,3,9H2,1-2H3,(H,23,29)(H,24,28). The molecule has 2 amide bonds. The van der Waals surface area contributed by atoms with Gasteiger partial charge in [0.2, 0.25) is 11.8 Å². The van der Waals surface area contributed by atoms with Crippen LogP contribution in [0, 0.1) is 17.5 Å². The molecule has 31 heavy (non-hydrogen) atoms. The van der Waals surface area contributed by atoms with E-state index in [0.717, 1.165) is 17.8 Å². The Labute approximate surface area is 179 Å². The van der Waals surface area contributed by atoms with Gasteiger partial charge in [-0.1, -0.05) is 11.8 Å². The van der Waals surface area contributed by atoms with E-state index >= 15 is 0 Å². The fourth-order valence-corrected chi connectivity index (χ4v) is 3.53. The van der Waals surface area contributed by atoms with E-state index in [-0.39, 0.29) is 0 Å². The topological polar surface area (TPSA) is 102 Å². The van der Waals surface area contributed by atoms with E-state index in [4.69, 9.17) is 4.42 Å². The van der Waals surface area contributed by atoms with Crippen LogP contribution >= 0.6 is 11.8 Å². The zero-order valence-electron chi connectivity index (χ0n) is 16.5. The molecule has 0 aliphatic carbocycles. The number of halogens is 3. The first-order valence-corrected chi connectivity index (χ1v) is 10.0. The molecule has 0 fully saturated rings. The van der Waals surface area contributed by atoms with Gasteiger partial charge >= 0.3 is 0 Å². The molecule has 0 spiro atoms. The van der Waals surface area contributed by atoms with E-state index in [2.05, 4.69) is 20.8 Å². The Morgan fingerprint density at radius 1 is 1.19 bits per heavy atom. The van der Waals surface area contributed by atoms with Gasteiger partial charge in [0.1, 0.15) is 0 Å². The number of rotatable bonds is 8. The highest BCUT2D eigenvalue weighted by molar-refractivity contribution is 8.00. The van der Waals surface area contributed by atoms with Crippen LogP contribution in [0.3, 0.4) is 0 Å². The number of nitrogens with zero attached hydrogens (tertiary/aromatic N) is 3. The van der Waals surface area contributed by atoms with Gasteiger partial charge in [0.25, 0.3) is 0 Å². The van der Waals surface area contributed by atoms with Crippen LogP contribution in [-0.2, 0) is 16.1 Å². The Bertz CT molecular complexity index is 1090. The molecule has 2 N–H and O–H groups in total. The molecule has 3 rings (SSSR count). The van der Waals surface area contributed by atoms with E-state index in [1.54, 1.807) is 23.6 Å². The lowest BCUT2D eigenvalue weighted by molar-refractivity contribution is -0.123. The van der Waals surface area contributed by atoms with Gasteiger partial charge in [-0.2, -0.15) is 0 Å². The molecule has 0 aliphatic rings. The van der Waals surface area contributed by atoms with Crippen LogP contribution < -0.4 is 10.6 Å². The van der Waals surface area contributed by atoms with Crippen molar-refractivity contribution in [2.45, 2.75) is 30.8 Å². The predicted octanol–water partition coefficient (Wildman–Crippen LogP) is 3.21. The van der Waals surface area contributed by atoms with Crippen molar-refractivity contribution < 1.29 is 27.2 Å². The summed E-state index contributed by atoms with van der Waals surface area (Å²) in [6.07, 6.45) is 1.52. The Morgan fingerprint density at radius 2 is 1.97 bits per heavy atom. The minimum Gasteiger partial charge on any atom is -0.461 e. The van der Waals surface area contributed by atoms with Gasteiger partial charge < -0.3 is 15.1 Å². The van der Waals surface area contributed by atoms with Crippen LogP contribution in [0.25, 0.3) is 11.6 Å². The number of carbonyl (C=O) groups is 2. The van der Waals surface area contributed by atoms with Crippen LogP contribution in [-0.4, -0.2) is 38.4 Å². The average molecular weight is 453 g/mol. The molecule has 12 heteroatoms. The highest BCUT2D eigenvalue weighted by Gasteiger charge is 2.22. The van der Waals surface area contributed by atoms with Gasteiger partial charge in [-0.15, -0.1) is 10.2 Å². The van der Waals surface area contributed by atoms with Crippen molar-refractivity contribution >= 4 is 29.3 Å². The summed E-state index contributed by atoms with van der Waals surface area (Å²) in [7, 11) is 0. The van der Waals surface area contributed by atoms with E-state index < -0.39 is 46.7 Å². The molecular formula is C19H18F3N5O3S. The zero-order valence-corrected chi connectivity index (χ0v) is 17.3. The number of carbonyl (C=O) groups excluding carboxylic acids is 2. The molecule has 0 aliphatic heterocycles. The molecule has 164 valence electrons. The summed E-state index contributed by atoms with van der Waals surface area (Å²) in [4.78, 5) is 24.3. The van der Waals surface area contributed by atoms with Crippen LogP contribution in [0.4, 0.5) is 18.9 Å². The van der Waals surface area contributed by atoms with Crippen LogP contribution in [0.1, 0.15) is 13.8 Å². The Morgan fingerprint density at radius 3 is 2.65 bits per heavy atom. The van der Waals surface area contributed by atoms with Crippen LogP contribution in [0.2, 0.25) is 0 Å². The second kappa shape index (κ2) is 9.69. The molecule has 0 bridgehead atoms. The molecule has 1 aromatic carbocycles. The molecule has 2 heterocycles. The fraction of sp³-hybridized carbons (Fsp3) is 0.263. The number of amides is 2. The van der Waals surface area contributed by atoms with Gasteiger partial charge in [-0.05, 0) is 38.1 Å². The summed E-state index contributed by atoms with van der Waals surface area (Å²) < 4.78 is 46.9. The monoisotopic (exact) mass is 453 g/mol. The van der Waals surface area contributed by atoms with Crippen LogP contribution in [0.5, 0.6) is 0 Å². The van der Waals surface area contributed by atoms with Gasteiger partial charge in [0.05, 0.1) is 23.7 Å².